The van der Waals surface area contributed by atoms with Gasteiger partial charge in [0, 0.05) is 12.6 Å². The first-order valence-corrected chi connectivity index (χ1v) is 8.57. The standard InChI is InChI=1S/C20H26N2O4/c1-13(3-4-14-5-8-16(26-2)9-6-14)22-12-19(24)15-7-10-18(23)17(11-15)20(21)25/h5-11,13,19,22-24H,3-4,12H2,1-2H3,(H2,21,25). The summed E-state index contributed by atoms with van der Waals surface area (Å²) in [5.74, 6) is -0.0705. The van der Waals surface area contributed by atoms with E-state index >= 15 is 0 Å². The van der Waals surface area contributed by atoms with Gasteiger partial charge in [-0.1, -0.05) is 18.2 Å². The van der Waals surface area contributed by atoms with E-state index in [1.54, 1.807) is 13.2 Å². The summed E-state index contributed by atoms with van der Waals surface area (Å²) in [6.07, 6.45) is 1.04. The molecule has 0 bridgehead atoms. The highest BCUT2D eigenvalue weighted by Gasteiger charge is 2.14. The molecule has 2 rings (SSSR count). The highest BCUT2D eigenvalue weighted by Crippen LogP contribution is 2.22. The van der Waals surface area contributed by atoms with Gasteiger partial charge in [-0.15, -0.1) is 0 Å². The Kier molecular flexibility index (Phi) is 7.00. The number of aliphatic hydroxyl groups excluding tert-OH is 1. The summed E-state index contributed by atoms with van der Waals surface area (Å²) in [7, 11) is 1.65. The predicted octanol–water partition coefficient (Wildman–Crippen LogP) is 2.14. The lowest BCUT2D eigenvalue weighted by molar-refractivity contribution is 0.0997. The molecule has 0 saturated carbocycles. The van der Waals surface area contributed by atoms with Gasteiger partial charge < -0.3 is 26.0 Å². The van der Waals surface area contributed by atoms with Gasteiger partial charge in [0.1, 0.15) is 11.5 Å². The number of primary amides is 1. The van der Waals surface area contributed by atoms with Crippen LogP contribution in [0.25, 0.3) is 0 Å². The Balaban J connectivity index is 1.83. The molecule has 0 aliphatic heterocycles. The Morgan fingerprint density at radius 2 is 1.92 bits per heavy atom. The first-order chi connectivity index (χ1) is 12.4. The molecule has 0 aliphatic rings. The molecular formula is C20H26N2O4. The number of carbonyl (C=O) groups excluding carboxylic acids is 1. The number of hydrogen-bond acceptors (Lipinski definition) is 5. The molecule has 0 aromatic heterocycles. The fourth-order valence-electron chi connectivity index (χ4n) is 2.67. The largest absolute Gasteiger partial charge is 0.507 e. The summed E-state index contributed by atoms with van der Waals surface area (Å²) in [6.45, 7) is 2.40. The van der Waals surface area contributed by atoms with Crippen LogP contribution in [0.1, 0.15) is 40.9 Å². The van der Waals surface area contributed by atoms with E-state index in [0.717, 1.165) is 18.6 Å². The van der Waals surface area contributed by atoms with Crippen LogP contribution in [0.3, 0.4) is 0 Å². The van der Waals surface area contributed by atoms with E-state index in [0.29, 0.717) is 12.1 Å². The number of benzene rings is 2. The summed E-state index contributed by atoms with van der Waals surface area (Å²) in [4.78, 5) is 11.3. The maximum Gasteiger partial charge on any atom is 0.252 e. The minimum Gasteiger partial charge on any atom is -0.507 e. The van der Waals surface area contributed by atoms with Crippen molar-refractivity contribution in [2.75, 3.05) is 13.7 Å². The van der Waals surface area contributed by atoms with Gasteiger partial charge in [-0.05, 0) is 55.2 Å². The number of nitrogens with one attached hydrogen (secondary N) is 1. The molecule has 5 N–H and O–H groups in total. The molecule has 2 aromatic carbocycles. The van der Waals surface area contributed by atoms with Crippen molar-refractivity contribution < 1.29 is 19.7 Å². The van der Waals surface area contributed by atoms with E-state index in [1.165, 1.54) is 17.7 Å². The van der Waals surface area contributed by atoms with E-state index < -0.39 is 12.0 Å². The molecule has 0 radical (unpaired) electrons. The summed E-state index contributed by atoms with van der Waals surface area (Å²) in [6, 6.07) is 12.6. The second-order valence-corrected chi connectivity index (χ2v) is 6.35. The van der Waals surface area contributed by atoms with Crippen LogP contribution in [0.5, 0.6) is 11.5 Å². The minimum absolute atomic E-state index is 0.00843. The molecule has 2 unspecified atom stereocenters. The molecule has 0 spiro atoms. The van der Waals surface area contributed by atoms with Crippen LogP contribution in [-0.2, 0) is 6.42 Å². The van der Waals surface area contributed by atoms with Crippen molar-refractivity contribution in [1.82, 2.24) is 5.32 Å². The number of aromatic hydroxyl groups is 1. The molecular weight excluding hydrogens is 332 g/mol. The average Bonchev–Trinajstić information content (AvgIpc) is 2.64. The topological polar surface area (TPSA) is 105 Å². The smallest absolute Gasteiger partial charge is 0.252 e. The first-order valence-electron chi connectivity index (χ1n) is 8.57. The third-order valence-corrected chi connectivity index (χ3v) is 4.36. The lowest BCUT2D eigenvalue weighted by atomic mass is 10.0. The van der Waals surface area contributed by atoms with Gasteiger partial charge in [0.15, 0.2) is 0 Å². The minimum atomic E-state index is -0.794. The van der Waals surface area contributed by atoms with Crippen LogP contribution in [0, 0.1) is 0 Å². The van der Waals surface area contributed by atoms with E-state index in [4.69, 9.17) is 10.5 Å². The van der Waals surface area contributed by atoms with Gasteiger partial charge in [-0.2, -0.15) is 0 Å². The summed E-state index contributed by atoms with van der Waals surface area (Å²) < 4.78 is 5.15. The van der Waals surface area contributed by atoms with Crippen molar-refractivity contribution in [2.45, 2.75) is 31.9 Å². The van der Waals surface area contributed by atoms with Crippen LogP contribution in [0.4, 0.5) is 0 Å². The molecule has 140 valence electrons. The van der Waals surface area contributed by atoms with Gasteiger partial charge in [0.2, 0.25) is 0 Å². The van der Waals surface area contributed by atoms with E-state index in [-0.39, 0.29) is 17.4 Å². The Labute approximate surface area is 153 Å². The normalized spacial score (nSPS) is 13.2. The number of methoxy groups -OCH3 is 1. The fraction of sp³-hybridized carbons (Fsp3) is 0.350. The molecule has 6 nitrogen and oxygen atoms in total. The van der Waals surface area contributed by atoms with Crippen LogP contribution >= 0.6 is 0 Å². The van der Waals surface area contributed by atoms with E-state index in [1.807, 2.05) is 24.3 Å². The van der Waals surface area contributed by atoms with Gasteiger partial charge in [-0.25, -0.2) is 0 Å². The number of amides is 1. The van der Waals surface area contributed by atoms with Gasteiger partial charge in [0.25, 0.3) is 5.91 Å². The number of ether oxygens (including phenoxy) is 1. The van der Waals surface area contributed by atoms with Crippen LogP contribution in [0.2, 0.25) is 0 Å². The molecule has 2 atom stereocenters. The average molecular weight is 358 g/mol. The van der Waals surface area contributed by atoms with Crippen molar-refractivity contribution in [1.29, 1.82) is 0 Å². The number of aliphatic hydroxyl groups is 1. The van der Waals surface area contributed by atoms with Crippen LogP contribution in [0.15, 0.2) is 42.5 Å². The van der Waals surface area contributed by atoms with Crippen molar-refractivity contribution in [3.63, 3.8) is 0 Å². The second kappa shape index (κ2) is 9.22. The SMILES string of the molecule is COc1ccc(CCC(C)NCC(O)c2ccc(O)c(C(N)=O)c2)cc1. The number of nitrogens with two attached hydrogens (primary N) is 1. The zero-order chi connectivity index (χ0) is 19.1. The van der Waals surface area contributed by atoms with E-state index in [2.05, 4.69) is 12.2 Å². The molecule has 0 heterocycles. The van der Waals surface area contributed by atoms with Gasteiger partial charge >= 0.3 is 0 Å². The van der Waals surface area contributed by atoms with E-state index in [9.17, 15) is 15.0 Å². The maximum absolute atomic E-state index is 11.3. The lowest BCUT2D eigenvalue weighted by Crippen LogP contribution is -2.31. The van der Waals surface area contributed by atoms with Crippen molar-refractivity contribution in [3.8, 4) is 11.5 Å². The molecule has 0 fully saturated rings. The van der Waals surface area contributed by atoms with Gasteiger partial charge in [0.05, 0.1) is 18.8 Å². The maximum atomic E-state index is 11.3. The molecule has 0 aliphatic carbocycles. The highest BCUT2D eigenvalue weighted by molar-refractivity contribution is 5.95. The quantitative estimate of drug-likeness (QED) is 0.550. The summed E-state index contributed by atoms with van der Waals surface area (Å²) in [5, 5.41) is 23.2. The Morgan fingerprint density at radius 3 is 2.54 bits per heavy atom. The summed E-state index contributed by atoms with van der Waals surface area (Å²) in [5.41, 5.74) is 6.98. The number of phenols is 1. The van der Waals surface area contributed by atoms with Crippen LogP contribution in [-0.4, -0.2) is 35.8 Å². The summed E-state index contributed by atoms with van der Waals surface area (Å²) >= 11 is 0. The third kappa shape index (κ3) is 5.47. The number of carbonyl (C=O) groups is 1. The lowest BCUT2D eigenvalue weighted by Gasteiger charge is -2.18. The van der Waals surface area contributed by atoms with Crippen LogP contribution < -0.4 is 15.8 Å². The Bertz CT molecular complexity index is 731. The number of hydrogen-bond donors (Lipinski definition) is 4. The third-order valence-electron chi connectivity index (χ3n) is 4.36. The van der Waals surface area contributed by atoms with Crippen molar-refractivity contribution in [3.05, 3.63) is 59.2 Å². The number of rotatable bonds is 9. The molecule has 2 aromatic rings. The van der Waals surface area contributed by atoms with Crippen molar-refractivity contribution in [2.24, 2.45) is 5.73 Å². The molecule has 6 heteroatoms. The Hall–Kier alpha value is -2.57. The predicted molar refractivity (Wildman–Crippen MR) is 100 cm³/mol. The van der Waals surface area contributed by atoms with Gasteiger partial charge in [-0.3, -0.25) is 4.79 Å². The zero-order valence-electron chi connectivity index (χ0n) is 15.1. The zero-order valence-corrected chi connectivity index (χ0v) is 15.1. The Morgan fingerprint density at radius 1 is 1.23 bits per heavy atom. The molecule has 26 heavy (non-hydrogen) atoms. The molecule has 0 saturated heterocycles. The first kappa shape index (κ1) is 19.8. The van der Waals surface area contributed by atoms with Crippen molar-refractivity contribution >= 4 is 5.91 Å². The molecule has 1 amide bonds. The fourth-order valence-corrected chi connectivity index (χ4v) is 2.67. The second-order valence-electron chi connectivity index (χ2n) is 6.35. The highest BCUT2D eigenvalue weighted by atomic mass is 16.5. The monoisotopic (exact) mass is 358 g/mol. The number of aryl methyl sites for hydroxylation is 1.